The Morgan fingerprint density at radius 3 is 2.36 bits per heavy atom. The third kappa shape index (κ3) is 1.59. The predicted molar refractivity (Wildman–Crippen MR) is 40.7 cm³/mol. The molecule has 0 aromatic rings. The van der Waals surface area contributed by atoms with Crippen molar-refractivity contribution < 1.29 is 9.59 Å². The van der Waals surface area contributed by atoms with E-state index in [0.29, 0.717) is 12.8 Å². The van der Waals surface area contributed by atoms with E-state index in [2.05, 4.69) is 0 Å². The third-order valence-electron chi connectivity index (χ3n) is 2.14. The first-order chi connectivity index (χ1) is 4.92. The lowest BCUT2D eigenvalue weighted by atomic mass is 9.90. The van der Waals surface area contributed by atoms with Crippen LogP contribution in [0, 0.1) is 11.3 Å². The zero-order valence-corrected chi connectivity index (χ0v) is 6.89. The zero-order valence-electron chi connectivity index (χ0n) is 6.89. The third-order valence-corrected chi connectivity index (χ3v) is 2.14. The molecule has 1 aliphatic carbocycles. The van der Waals surface area contributed by atoms with Crippen molar-refractivity contribution in [3.8, 4) is 0 Å². The average molecular weight is 155 g/mol. The van der Waals surface area contributed by atoms with Crippen LogP contribution in [-0.2, 0) is 9.59 Å². The van der Waals surface area contributed by atoms with Crippen LogP contribution in [0.3, 0.4) is 0 Å². The number of carbonyl (C=O) groups excluding carboxylic acids is 2. The topological polar surface area (TPSA) is 60.2 Å². The standard InChI is InChI=1S/C8H13NO2/c1-8(2)3-5(7(9)11)6(10)4-8/h5H,3-4H2,1-2H3,(H2,9,11). The van der Waals surface area contributed by atoms with Crippen molar-refractivity contribution in [2.45, 2.75) is 26.7 Å². The second-order valence-electron chi connectivity index (χ2n) is 3.97. The quantitative estimate of drug-likeness (QED) is 0.560. The minimum Gasteiger partial charge on any atom is -0.369 e. The SMILES string of the molecule is CC1(C)CC(=O)C(C(N)=O)C1. The Balaban J connectivity index is 2.74. The normalized spacial score (nSPS) is 28.9. The zero-order chi connectivity index (χ0) is 8.65. The molecule has 1 unspecified atom stereocenters. The second kappa shape index (κ2) is 2.32. The number of rotatable bonds is 1. The molecule has 1 atom stereocenters. The Kier molecular flexibility index (Phi) is 1.74. The van der Waals surface area contributed by atoms with E-state index in [-0.39, 0.29) is 11.2 Å². The highest BCUT2D eigenvalue weighted by Crippen LogP contribution is 2.38. The van der Waals surface area contributed by atoms with E-state index in [1.54, 1.807) is 0 Å². The summed E-state index contributed by atoms with van der Waals surface area (Å²) in [6.07, 6.45) is 1.10. The van der Waals surface area contributed by atoms with Crippen LogP contribution >= 0.6 is 0 Å². The van der Waals surface area contributed by atoms with Gasteiger partial charge in [0.25, 0.3) is 0 Å². The van der Waals surface area contributed by atoms with Gasteiger partial charge >= 0.3 is 0 Å². The van der Waals surface area contributed by atoms with Crippen molar-refractivity contribution in [2.24, 2.45) is 17.1 Å². The van der Waals surface area contributed by atoms with Gasteiger partial charge in [0.15, 0.2) is 0 Å². The van der Waals surface area contributed by atoms with Crippen LogP contribution in [0.4, 0.5) is 0 Å². The number of primary amides is 1. The van der Waals surface area contributed by atoms with Gasteiger partial charge in [-0.15, -0.1) is 0 Å². The molecule has 62 valence electrons. The lowest BCUT2D eigenvalue weighted by Crippen LogP contribution is -2.26. The lowest BCUT2D eigenvalue weighted by molar-refractivity contribution is -0.130. The Morgan fingerprint density at radius 2 is 2.18 bits per heavy atom. The largest absolute Gasteiger partial charge is 0.369 e. The minimum absolute atomic E-state index is 0.00231. The van der Waals surface area contributed by atoms with Crippen LogP contribution in [0.1, 0.15) is 26.7 Å². The number of ketones is 1. The van der Waals surface area contributed by atoms with Crippen molar-refractivity contribution in [2.75, 3.05) is 0 Å². The summed E-state index contributed by atoms with van der Waals surface area (Å²) in [6, 6.07) is 0. The summed E-state index contributed by atoms with van der Waals surface area (Å²) in [4.78, 5) is 21.8. The summed E-state index contributed by atoms with van der Waals surface area (Å²) in [5.41, 5.74) is 5.02. The summed E-state index contributed by atoms with van der Waals surface area (Å²) in [6.45, 7) is 3.96. The first-order valence-electron chi connectivity index (χ1n) is 3.74. The second-order valence-corrected chi connectivity index (χ2v) is 3.97. The molecule has 1 amide bonds. The van der Waals surface area contributed by atoms with Crippen LogP contribution in [0.5, 0.6) is 0 Å². The van der Waals surface area contributed by atoms with Crippen molar-refractivity contribution in [3.63, 3.8) is 0 Å². The highest BCUT2D eigenvalue weighted by atomic mass is 16.2. The Hall–Kier alpha value is -0.860. The number of amides is 1. The van der Waals surface area contributed by atoms with E-state index in [4.69, 9.17) is 5.73 Å². The molecule has 11 heavy (non-hydrogen) atoms. The van der Waals surface area contributed by atoms with Gasteiger partial charge in [-0.25, -0.2) is 0 Å². The fraction of sp³-hybridized carbons (Fsp3) is 0.750. The van der Waals surface area contributed by atoms with E-state index >= 15 is 0 Å². The van der Waals surface area contributed by atoms with E-state index in [0.717, 1.165) is 0 Å². The molecule has 3 nitrogen and oxygen atoms in total. The predicted octanol–water partition coefficient (Wildman–Crippen LogP) is 0.477. The molecule has 1 rings (SSSR count). The van der Waals surface area contributed by atoms with Gasteiger partial charge < -0.3 is 5.73 Å². The smallest absolute Gasteiger partial charge is 0.228 e. The molecule has 0 spiro atoms. The molecule has 0 aliphatic heterocycles. The van der Waals surface area contributed by atoms with Crippen LogP contribution < -0.4 is 5.73 Å². The summed E-state index contributed by atoms with van der Waals surface area (Å²) in [5, 5.41) is 0. The van der Waals surface area contributed by atoms with Crippen molar-refractivity contribution in [1.82, 2.24) is 0 Å². The maximum atomic E-state index is 11.1. The highest BCUT2D eigenvalue weighted by Gasteiger charge is 2.40. The van der Waals surface area contributed by atoms with Crippen LogP contribution in [0.2, 0.25) is 0 Å². The molecule has 1 fully saturated rings. The summed E-state index contributed by atoms with van der Waals surface area (Å²) in [7, 11) is 0. The molecule has 0 saturated heterocycles. The number of hydrogen-bond donors (Lipinski definition) is 1. The Bertz CT molecular complexity index is 208. The molecule has 0 bridgehead atoms. The molecular formula is C8H13NO2. The van der Waals surface area contributed by atoms with Crippen molar-refractivity contribution in [1.29, 1.82) is 0 Å². The Labute approximate surface area is 66.0 Å². The summed E-state index contributed by atoms with van der Waals surface area (Å²) < 4.78 is 0. The summed E-state index contributed by atoms with van der Waals surface area (Å²) in [5.74, 6) is -0.993. The monoisotopic (exact) mass is 155 g/mol. The number of nitrogens with two attached hydrogens (primary N) is 1. The summed E-state index contributed by atoms with van der Waals surface area (Å²) >= 11 is 0. The van der Waals surface area contributed by atoms with Gasteiger partial charge in [0.1, 0.15) is 5.78 Å². The molecule has 2 N–H and O–H groups in total. The van der Waals surface area contributed by atoms with E-state index in [1.807, 2.05) is 13.8 Å². The van der Waals surface area contributed by atoms with Crippen LogP contribution in [0.15, 0.2) is 0 Å². The molecule has 0 radical (unpaired) electrons. The van der Waals surface area contributed by atoms with Crippen molar-refractivity contribution >= 4 is 11.7 Å². The van der Waals surface area contributed by atoms with Gasteiger partial charge in [-0.05, 0) is 11.8 Å². The average Bonchev–Trinajstić information content (AvgIpc) is 2.05. The number of Topliss-reactive ketones (excluding diaryl/α,β-unsaturated/α-hetero) is 1. The fourth-order valence-corrected chi connectivity index (χ4v) is 1.59. The van der Waals surface area contributed by atoms with E-state index in [9.17, 15) is 9.59 Å². The Morgan fingerprint density at radius 1 is 1.64 bits per heavy atom. The maximum Gasteiger partial charge on any atom is 0.228 e. The van der Waals surface area contributed by atoms with Gasteiger partial charge in [-0.3, -0.25) is 9.59 Å². The number of hydrogen-bond acceptors (Lipinski definition) is 2. The van der Waals surface area contributed by atoms with Gasteiger partial charge in [-0.2, -0.15) is 0 Å². The van der Waals surface area contributed by atoms with Crippen LogP contribution in [0.25, 0.3) is 0 Å². The minimum atomic E-state index is -0.523. The van der Waals surface area contributed by atoms with Gasteiger partial charge in [0.05, 0.1) is 5.92 Å². The first kappa shape index (κ1) is 8.24. The lowest BCUT2D eigenvalue weighted by Gasteiger charge is -2.13. The molecule has 0 aromatic heterocycles. The van der Waals surface area contributed by atoms with Crippen molar-refractivity contribution in [3.05, 3.63) is 0 Å². The molecule has 1 aliphatic rings. The van der Waals surface area contributed by atoms with Gasteiger partial charge in [0, 0.05) is 6.42 Å². The molecular weight excluding hydrogens is 142 g/mol. The highest BCUT2D eigenvalue weighted by molar-refractivity contribution is 6.02. The maximum absolute atomic E-state index is 11.1. The molecule has 3 heteroatoms. The van der Waals surface area contributed by atoms with E-state index in [1.165, 1.54) is 0 Å². The van der Waals surface area contributed by atoms with E-state index < -0.39 is 11.8 Å². The number of carbonyl (C=O) groups is 2. The molecule has 0 heterocycles. The first-order valence-corrected chi connectivity index (χ1v) is 3.74. The van der Waals surface area contributed by atoms with Gasteiger partial charge in [-0.1, -0.05) is 13.8 Å². The fourth-order valence-electron chi connectivity index (χ4n) is 1.59. The van der Waals surface area contributed by atoms with Crippen LogP contribution in [-0.4, -0.2) is 11.7 Å². The molecule has 0 aromatic carbocycles. The van der Waals surface area contributed by atoms with Gasteiger partial charge in [0.2, 0.25) is 5.91 Å². The molecule has 1 saturated carbocycles.